The number of hydrogen-bond donors (Lipinski definition) is 1. The summed E-state index contributed by atoms with van der Waals surface area (Å²) < 4.78 is 46.0. The highest BCUT2D eigenvalue weighted by Crippen LogP contribution is 2.39. The molecule has 2 aromatic carbocycles. The molecule has 1 saturated heterocycles. The van der Waals surface area contributed by atoms with E-state index in [9.17, 15) is 13.2 Å². The minimum Gasteiger partial charge on any atom is -0.497 e. The third-order valence-electron chi connectivity index (χ3n) is 4.21. The number of rotatable bonds is 3. The quantitative estimate of drug-likeness (QED) is 0.901. The number of halogens is 4. The molecule has 1 heterocycles. The second-order valence-electron chi connectivity index (χ2n) is 5.70. The Bertz CT molecular complexity index is 687. The highest BCUT2D eigenvalue weighted by atomic mass is 35.5. The summed E-state index contributed by atoms with van der Waals surface area (Å²) in [7, 11) is 1.57. The van der Waals surface area contributed by atoms with Crippen LogP contribution in [-0.2, 0) is 0 Å². The lowest BCUT2D eigenvalue weighted by Gasteiger charge is -2.36. The lowest BCUT2D eigenvalue weighted by atomic mass is 9.99. The van der Waals surface area contributed by atoms with E-state index in [2.05, 4.69) is 5.32 Å². The van der Waals surface area contributed by atoms with Gasteiger partial charge in [-0.2, -0.15) is 13.2 Å². The second-order valence-corrected chi connectivity index (χ2v) is 5.70. The number of methoxy groups -OCH3 is 1. The zero-order valence-corrected chi connectivity index (χ0v) is 14.1. The molecule has 3 nitrogen and oxygen atoms in total. The van der Waals surface area contributed by atoms with Crippen molar-refractivity contribution in [3.8, 4) is 5.75 Å². The molecule has 0 spiro atoms. The van der Waals surface area contributed by atoms with E-state index in [1.807, 2.05) is 6.07 Å². The molecule has 0 bridgehead atoms. The Morgan fingerprint density at radius 3 is 2.29 bits per heavy atom. The van der Waals surface area contributed by atoms with Crippen LogP contribution in [0.5, 0.6) is 5.75 Å². The number of fused-ring (bicyclic) bond motifs is 1. The lowest BCUT2D eigenvalue weighted by Crippen LogP contribution is -2.49. The van der Waals surface area contributed by atoms with E-state index >= 15 is 0 Å². The van der Waals surface area contributed by atoms with Crippen LogP contribution in [0.2, 0.25) is 0 Å². The van der Waals surface area contributed by atoms with Gasteiger partial charge in [-0.25, -0.2) is 0 Å². The molecule has 2 aromatic rings. The van der Waals surface area contributed by atoms with Crippen molar-refractivity contribution in [1.82, 2.24) is 10.2 Å². The van der Waals surface area contributed by atoms with E-state index in [0.717, 1.165) is 10.8 Å². The van der Waals surface area contributed by atoms with Crippen LogP contribution in [-0.4, -0.2) is 44.4 Å². The van der Waals surface area contributed by atoms with E-state index in [1.54, 1.807) is 37.4 Å². The molecule has 1 aliphatic heterocycles. The molecule has 1 N–H and O–H groups in total. The molecule has 7 heteroatoms. The summed E-state index contributed by atoms with van der Waals surface area (Å²) in [6.07, 6.45) is -4.29. The average Bonchev–Trinajstić information content (AvgIpc) is 2.54. The van der Waals surface area contributed by atoms with Gasteiger partial charge in [0.2, 0.25) is 0 Å². The van der Waals surface area contributed by atoms with Gasteiger partial charge in [0.15, 0.2) is 0 Å². The molecule has 0 aromatic heterocycles. The summed E-state index contributed by atoms with van der Waals surface area (Å²) in [5.74, 6) is 0.694. The maximum absolute atomic E-state index is 13.6. The monoisotopic (exact) mass is 360 g/mol. The first-order valence-electron chi connectivity index (χ1n) is 7.58. The smallest absolute Gasteiger partial charge is 0.408 e. The molecule has 0 aliphatic carbocycles. The first-order valence-corrected chi connectivity index (χ1v) is 7.58. The third-order valence-corrected chi connectivity index (χ3v) is 4.21. The number of nitrogens with zero attached hydrogens (tertiary/aromatic N) is 1. The molecule has 1 aliphatic rings. The van der Waals surface area contributed by atoms with Crippen LogP contribution in [0, 0.1) is 0 Å². The van der Waals surface area contributed by atoms with E-state index in [4.69, 9.17) is 4.74 Å². The van der Waals surface area contributed by atoms with E-state index in [-0.39, 0.29) is 18.0 Å². The zero-order chi connectivity index (χ0) is 16.4. The van der Waals surface area contributed by atoms with Crippen molar-refractivity contribution in [3.05, 3.63) is 42.0 Å². The molecule has 132 valence electrons. The average molecular weight is 361 g/mol. The molecule has 0 saturated carbocycles. The highest BCUT2D eigenvalue weighted by molar-refractivity contribution is 5.85. The number of piperazine rings is 1. The Kier molecular flexibility index (Phi) is 5.96. The maximum atomic E-state index is 13.6. The second kappa shape index (κ2) is 7.59. The predicted molar refractivity (Wildman–Crippen MR) is 91.0 cm³/mol. The normalized spacial score (nSPS) is 17.3. The Hall–Kier alpha value is -1.50. The zero-order valence-electron chi connectivity index (χ0n) is 13.3. The van der Waals surface area contributed by atoms with Gasteiger partial charge in [0.25, 0.3) is 0 Å². The van der Waals surface area contributed by atoms with Crippen LogP contribution in [0.3, 0.4) is 0 Å². The topological polar surface area (TPSA) is 24.5 Å². The van der Waals surface area contributed by atoms with Crippen molar-refractivity contribution in [2.75, 3.05) is 33.3 Å². The van der Waals surface area contributed by atoms with Gasteiger partial charge in [0.1, 0.15) is 11.8 Å². The Labute approximate surface area is 145 Å². The molecular weight excluding hydrogens is 341 g/mol. The van der Waals surface area contributed by atoms with Gasteiger partial charge in [-0.05, 0) is 34.5 Å². The SMILES string of the molecule is COc1ccc2cc([C@@H](N3CCNCC3)C(F)(F)F)ccc2c1.Cl. The fourth-order valence-electron chi connectivity index (χ4n) is 3.09. The fraction of sp³-hybridized carbons (Fsp3) is 0.412. The number of benzene rings is 2. The minimum absolute atomic E-state index is 0. The minimum atomic E-state index is -4.29. The first-order chi connectivity index (χ1) is 11.0. The van der Waals surface area contributed by atoms with Crippen LogP contribution >= 0.6 is 12.4 Å². The molecule has 1 atom stereocenters. The number of ether oxygens (including phenoxy) is 1. The molecule has 1 fully saturated rings. The van der Waals surface area contributed by atoms with Crippen molar-refractivity contribution in [1.29, 1.82) is 0 Å². The summed E-state index contributed by atoms with van der Waals surface area (Å²) in [6.45, 7) is 1.95. The molecule has 0 amide bonds. The van der Waals surface area contributed by atoms with E-state index in [1.165, 1.54) is 4.90 Å². The first kappa shape index (κ1) is 18.8. The van der Waals surface area contributed by atoms with Crippen molar-refractivity contribution < 1.29 is 17.9 Å². The Morgan fingerprint density at radius 1 is 1.04 bits per heavy atom. The third kappa shape index (κ3) is 3.94. The van der Waals surface area contributed by atoms with Crippen LogP contribution in [0.25, 0.3) is 10.8 Å². The van der Waals surface area contributed by atoms with E-state index in [0.29, 0.717) is 31.9 Å². The van der Waals surface area contributed by atoms with Gasteiger partial charge in [-0.3, -0.25) is 4.90 Å². The van der Waals surface area contributed by atoms with Crippen LogP contribution in [0.4, 0.5) is 13.2 Å². The summed E-state index contributed by atoms with van der Waals surface area (Å²) in [4.78, 5) is 1.50. The Morgan fingerprint density at radius 2 is 1.67 bits per heavy atom. The van der Waals surface area contributed by atoms with Gasteiger partial charge >= 0.3 is 6.18 Å². The molecule has 24 heavy (non-hydrogen) atoms. The highest BCUT2D eigenvalue weighted by Gasteiger charge is 2.44. The molecule has 3 rings (SSSR count). The van der Waals surface area contributed by atoms with Crippen molar-refractivity contribution in [2.45, 2.75) is 12.2 Å². The van der Waals surface area contributed by atoms with Crippen molar-refractivity contribution in [3.63, 3.8) is 0 Å². The fourth-order valence-corrected chi connectivity index (χ4v) is 3.09. The van der Waals surface area contributed by atoms with Crippen LogP contribution < -0.4 is 10.1 Å². The standard InChI is InChI=1S/C17H19F3N2O.ClH/c1-23-15-5-4-12-10-14(3-2-13(12)11-15)16(17(18,19)20)22-8-6-21-7-9-22;/h2-5,10-11,16,21H,6-9H2,1H3;1H/t16-;/m1./s1. The Balaban J connectivity index is 0.00000208. The van der Waals surface area contributed by atoms with Gasteiger partial charge in [0.05, 0.1) is 7.11 Å². The largest absolute Gasteiger partial charge is 0.497 e. The summed E-state index contributed by atoms with van der Waals surface area (Å²) >= 11 is 0. The molecule has 0 radical (unpaired) electrons. The van der Waals surface area contributed by atoms with Gasteiger partial charge in [-0.1, -0.05) is 18.2 Å². The number of hydrogen-bond acceptors (Lipinski definition) is 3. The summed E-state index contributed by atoms with van der Waals surface area (Å²) in [6, 6.07) is 8.76. The lowest BCUT2D eigenvalue weighted by molar-refractivity contribution is -0.187. The summed E-state index contributed by atoms with van der Waals surface area (Å²) in [5, 5.41) is 4.75. The van der Waals surface area contributed by atoms with Crippen molar-refractivity contribution in [2.24, 2.45) is 0 Å². The van der Waals surface area contributed by atoms with Gasteiger partial charge in [0, 0.05) is 26.2 Å². The molecular formula is C17H20ClF3N2O. The summed E-state index contributed by atoms with van der Waals surface area (Å²) in [5.41, 5.74) is 0.289. The van der Waals surface area contributed by atoms with Crippen molar-refractivity contribution >= 4 is 23.2 Å². The van der Waals surface area contributed by atoms with E-state index < -0.39 is 12.2 Å². The maximum Gasteiger partial charge on any atom is 0.408 e. The predicted octanol–water partition coefficient (Wildman–Crippen LogP) is 3.78. The van der Waals surface area contributed by atoms with Crippen LogP contribution in [0.1, 0.15) is 11.6 Å². The van der Waals surface area contributed by atoms with Gasteiger partial charge < -0.3 is 10.1 Å². The van der Waals surface area contributed by atoms with Gasteiger partial charge in [-0.15, -0.1) is 12.4 Å². The molecule has 0 unspecified atom stereocenters. The number of nitrogens with one attached hydrogen (secondary N) is 1. The van der Waals surface area contributed by atoms with Crippen LogP contribution in [0.15, 0.2) is 36.4 Å². The number of alkyl halides is 3.